The third kappa shape index (κ3) is 4.54. The van der Waals surface area contributed by atoms with Crippen LogP contribution in [0, 0.1) is 5.82 Å². The van der Waals surface area contributed by atoms with Crippen LogP contribution in [0.25, 0.3) is 0 Å². The van der Waals surface area contributed by atoms with Crippen LogP contribution in [0.1, 0.15) is 30.7 Å². The number of allylic oxidation sites excluding steroid dienone is 1. The molecule has 6 heteroatoms. The molecule has 120 valence electrons. The quantitative estimate of drug-likeness (QED) is 0.756. The van der Waals surface area contributed by atoms with Gasteiger partial charge in [-0.25, -0.2) is 9.18 Å². The number of carboxylic acids is 1. The van der Waals surface area contributed by atoms with E-state index in [1.54, 1.807) is 12.1 Å². The predicted octanol–water partition coefficient (Wildman–Crippen LogP) is 2.41. The molecule has 1 aliphatic heterocycles. The van der Waals surface area contributed by atoms with Gasteiger partial charge in [0.05, 0.1) is 6.61 Å². The van der Waals surface area contributed by atoms with Crippen molar-refractivity contribution in [3.8, 4) is 0 Å². The fourth-order valence-electron chi connectivity index (χ4n) is 2.28. The number of hydrogen-bond donors (Lipinski definition) is 2. The first-order chi connectivity index (χ1) is 10.6. The summed E-state index contributed by atoms with van der Waals surface area (Å²) in [6, 6.07) is 5.95. The molecule has 2 atom stereocenters. The van der Waals surface area contributed by atoms with E-state index in [9.17, 15) is 9.18 Å². The second-order valence-corrected chi connectivity index (χ2v) is 5.08. The second-order valence-electron chi connectivity index (χ2n) is 5.08. The van der Waals surface area contributed by atoms with E-state index < -0.39 is 12.3 Å². The third-order valence-corrected chi connectivity index (χ3v) is 3.42. The van der Waals surface area contributed by atoms with Crippen LogP contribution in [0.15, 0.2) is 36.1 Å². The number of halogens is 1. The average Bonchev–Trinajstić information content (AvgIpc) is 2.52. The average molecular weight is 310 g/mol. The minimum absolute atomic E-state index is 0.0906. The Kier molecular flexibility index (Phi) is 5.91. The van der Waals surface area contributed by atoms with Crippen molar-refractivity contribution in [3.63, 3.8) is 0 Å². The molecule has 0 amide bonds. The number of carbonyl (C=O) groups is 1. The van der Waals surface area contributed by atoms with Gasteiger partial charge in [-0.2, -0.15) is 0 Å². The molecule has 5 nitrogen and oxygen atoms in total. The van der Waals surface area contributed by atoms with Gasteiger partial charge in [0.1, 0.15) is 5.82 Å². The van der Waals surface area contributed by atoms with E-state index in [1.165, 1.54) is 18.2 Å². The van der Waals surface area contributed by atoms with E-state index in [0.717, 1.165) is 5.56 Å². The van der Waals surface area contributed by atoms with Crippen molar-refractivity contribution in [2.45, 2.75) is 31.5 Å². The molecule has 1 heterocycles. The summed E-state index contributed by atoms with van der Waals surface area (Å²) >= 11 is 0. The Labute approximate surface area is 128 Å². The number of ether oxygens (including phenoxy) is 2. The van der Waals surface area contributed by atoms with Gasteiger partial charge in [-0.15, -0.1) is 0 Å². The van der Waals surface area contributed by atoms with Gasteiger partial charge < -0.3 is 19.7 Å². The highest BCUT2D eigenvalue weighted by Crippen LogP contribution is 2.31. The Hall–Kier alpha value is -1.92. The van der Waals surface area contributed by atoms with E-state index in [2.05, 4.69) is 0 Å². The molecule has 0 spiro atoms. The molecule has 0 aromatic heterocycles. The minimum Gasteiger partial charge on any atom is -0.475 e. The first kappa shape index (κ1) is 16.5. The molecule has 1 aliphatic rings. The van der Waals surface area contributed by atoms with Crippen LogP contribution in [0.2, 0.25) is 0 Å². The van der Waals surface area contributed by atoms with Crippen LogP contribution in [0.4, 0.5) is 4.39 Å². The fourth-order valence-corrected chi connectivity index (χ4v) is 2.28. The fraction of sp³-hybridized carbons (Fsp3) is 0.438. The number of rotatable bonds is 7. The summed E-state index contributed by atoms with van der Waals surface area (Å²) in [5.74, 6) is -1.86. The zero-order valence-electron chi connectivity index (χ0n) is 12.1. The highest BCUT2D eigenvalue weighted by atomic mass is 19.1. The van der Waals surface area contributed by atoms with E-state index in [0.29, 0.717) is 25.9 Å². The molecule has 0 saturated heterocycles. The molecule has 22 heavy (non-hydrogen) atoms. The van der Waals surface area contributed by atoms with Crippen LogP contribution in [-0.4, -0.2) is 35.7 Å². The maximum Gasteiger partial charge on any atom is 0.370 e. The van der Waals surface area contributed by atoms with Gasteiger partial charge in [0.15, 0.2) is 0 Å². The molecular weight excluding hydrogens is 291 g/mol. The van der Waals surface area contributed by atoms with Crippen LogP contribution in [0.5, 0.6) is 0 Å². The molecule has 1 aromatic rings. The molecule has 0 radical (unpaired) electrons. The molecule has 0 unspecified atom stereocenters. The van der Waals surface area contributed by atoms with Crippen LogP contribution in [0.3, 0.4) is 0 Å². The van der Waals surface area contributed by atoms with Gasteiger partial charge in [0, 0.05) is 18.9 Å². The zero-order chi connectivity index (χ0) is 15.9. The predicted molar refractivity (Wildman–Crippen MR) is 76.6 cm³/mol. The second kappa shape index (κ2) is 7.91. The van der Waals surface area contributed by atoms with Crippen molar-refractivity contribution >= 4 is 5.97 Å². The molecule has 2 N–H and O–H groups in total. The topological polar surface area (TPSA) is 76.0 Å². The molecule has 0 bridgehead atoms. The number of carboxylic acid groups (broad SMARTS) is 1. The van der Waals surface area contributed by atoms with E-state index >= 15 is 0 Å². The SMILES string of the molecule is O=C(O)C1=C[C@@H](c2ccc(F)cc2)C[C@@H](OCCCCO)O1. The van der Waals surface area contributed by atoms with Crippen molar-refractivity contribution in [2.75, 3.05) is 13.2 Å². The molecule has 1 aromatic carbocycles. The monoisotopic (exact) mass is 310 g/mol. The van der Waals surface area contributed by atoms with E-state index in [-0.39, 0.29) is 24.1 Å². The van der Waals surface area contributed by atoms with Crippen LogP contribution < -0.4 is 0 Å². The smallest absolute Gasteiger partial charge is 0.370 e. The lowest BCUT2D eigenvalue weighted by Gasteiger charge is -2.28. The van der Waals surface area contributed by atoms with Crippen molar-refractivity contribution < 1.29 is 28.9 Å². The lowest BCUT2D eigenvalue weighted by molar-refractivity contribution is -0.157. The maximum absolute atomic E-state index is 13.0. The standard InChI is InChI=1S/C16H19FO5/c17-13-5-3-11(4-6-13)12-9-14(16(19)20)22-15(10-12)21-8-2-1-7-18/h3-6,9,12,15,18H,1-2,7-8,10H2,(H,19,20)/t12-,15+/m1/s1. The highest BCUT2D eigenvalue weighted by Gasteiger charge is 2.28. The third-order valence-electron chi connectivity index (χ3n) is 3.42. The summed E-state index contributed by atoms with van der Waals surface area (Å²) < 4.78 is 23.8. The summed E-state index contributed by atoms with van der Waals surface area (Å²) in [5, 5.41) is 17.9. The Morgan fingerprint density at radius 2 is 2.05 bits per heavy atom. The largest absolute Gasteiger partial charge is 0.475 e. The molecular formula is C16H19FO5. The van der Waals surface area contributed by atoms with Gasteiger partial charge in [-0.3, -0.25) is 0 Å². The van der Waals surface area contributed by atoms with Crippen LogP contribution >= 0.6 is 0 Å². The van der Waals surface area contributed by atoms with Crippen molar-refractivity contribution in [2.24, 2.45) is 0 Å². The summed E-state index contributed by atoms with van der Waals surface area (Å²) in [7, 11) is 0. The Bertz CT molecular complexity index is 526. The summed E-state index contributed by atoms with van der Waals surface area (Å²) in [5.41, 5.74) is 0.812. The first-order valence-corrected chi connectivity index (χ1v) is 7.20. The number of aliphatic hydroxyl groups excluding tert-OH is 1. The highest BCUT2D eigenvalue weighted by molar-refractivity contribution is 5.84. The summed E-state index contributed by atoms with van der Waals surface area (Å²) in [4.78, 5) is 11.2. The molecule has 0 aliphatic carbocycles. The van der Waals surface area contributed by atoms with Crippen molar-refractivity contribution in [3.05, 3.63) is 47.5 Å². The van der Waals surface area contributed by atoms with E-state index in [1.807, 2.05) is 0 Å². The molecule has 2 rings (SSSR count). The van der Waals surface area contributed by atoms with Gasteiger partial charge in [-0.1, -0.05) is 12.1 Å². The Morgan fingerprint density at radius 3 is 2.68 bits per heavy atom. The Balaban J connectivity index is 2.06. The van der Waals surface area contributed by atoms with Crippen molar-refractivity contribution in [1.29, 1.82) is 0 Å². The lowest BCUT2D eigenvalue weighted by atomic mass is 9.93. The number of aliphatic carboxylic acids is 1. The molecule has 0 fully saturated rings. The number of benzene rings is 1. The minimum atomic E-state index is -1.16. The van der Waals surface area contributed by atoms with Crippen LogP contribution in [-0.2, 0) is 14.3 Å². The van der Waals surface area contributed by atoms with Gasteiger partial charge >= 0.3 is 5.97 Å². The van der Waals surface area contributed by atoms with E-state index in [4.69, 9.17) is 19.7 Å². The Morgan fingerprint density at radius 1 is 1.32 bits per heavy atom. The lowest BCUT2D eigenvalue weighted by Crippen LogP contribution is -2.27. The van der Waals surface area contributed by atoms with Gasteiger partial charge in [-0.05, 0) is 36.6 Å². The molecule has 0 saturated carbocycles. The van der Waals surface area contributed by atoms with Gasteiger partial charge in [0.25, 0.3) is 0 Å². The van der Waals surface area contributed by atoms with Crippen molar-refractivity contribution in [1.82, 2.24) is 0 Å². The number of unbranched alkanes of at least 4 members (excludes halogenated alkanes) is 1. The summed E-state index contributed by atoms with van der Waals surface area (Å²) in [6.45, 7) is 0.474. The number of hydrogen-bond acceptors (Lipinski definition) is 4. The van der Waals surface area contributed by atoms with Gasteiger partial charge in [0.2, 0.25) is 12.0 Å². The summed E-state index contributed by atoms with van der Waals surface area (Å²) in [6.07, 6.45) is 2.61. The number of aliphatic hydroxyl groups is 1. The zero-order valence-corrected chi connectivity index (χ0v) is 12.1. The normalized spacial score (nSPS) is 21.1. The first-order valence-electron chi connectivity index (χ1n) is 7.20. The maximum atomic E-state index is 13.0.